The lowest BCUT2D eigenvalue weighted by Crippen LogP contribution is -2.31. The van der Waals surface area contributed by atoms with Gasteiger partial charge in [-0.15, -0.1) is 0 Å². The number of nitriles is 1. The Morgan fingerprint density at radius 1 is 1.37 bits per heavy atom. The summed E-state index contributed by atoms with van der Waals surface area (Å²) in [5.41, 5.74) is 0.773. The Kier molecular flexibility index (Phi) is 5.54. The largest absolute Gasteiger partial charge is 0.445 e. The molecule has 0 spiro atoms. The minimum Gasteiger partial charge on any atom is -0.445 e. The maximum Gasteiger partial charge on any atom is 0.327 e. The number of nitrogens with zero attached hydrogens (tertiary/aromatic N) is 3. The van der Waals surface area contributed by atoms with Gasteiger partial charge in [0, 0.05) is 13.1 Å². The predicted molar refractivity (Wildman–Crippen MR) is 102 cm³/mol. The third-order valence-electron chi connectivity index (χ3n) is 3.45. The fourth-order valence-corrected chi connectivity index (χ4v) is 3.06. The van der Waals surface area contributed by atoms with Gasteiger partial charge in [0.05, 0.1) is 28.5 Å². The van der Waals surface area contributed by atoms with Gasteiger partial charge in [-0.05, 0) is 30.3 Å². The Morgan fingerprint density at radius 3 is 2.93 bits per heavy atom. The summed E-state index contributed by atoms with van der Waals surface area (Å²) in [6.45, 7) is 0. The molecular formula is C18H12ClFN4O2S. The van der Waals surface area contributed by atoms with Crippen LogP contribution in [-0.4, -0.2) is 18.1 Å². The molecule has 0 aliphatic carbocycles. The van der Waals surface area contributed by atoms with Crippen LogP contribution in [0.4, 0.5) is 20.0 Å². The average molecular weight is 403 g/mol. The summed E-state index contributed by atoms with van der Waals surface area (Å²) >= 11 is 7.19. The first-order chi connectivity index (χ1) is 13.0. The molecule has 1 aromatic heterocycles. The molecule has 0 bridgehead atoms. The standard InChI is InChI=1S/C18H12ClFN4O2S/c1-24(15-7-11(9-21)5-6-14(15)19)18(25)23-17-22-10-16(27-17)26-13-4-2-3-12(20)8-13/h2-8,10H,1H3,(H,22,23,25). The monoisotopic (exact) mass is 402 g/mol. The minimum absolute atomic E-state index is 0.297. The molecule has 2 aromatic carbocycles. The molecule has 0 radical (unpaired) electrons. The molecule has 1 heterocycles. The van der Waals surface area contributed by atoms with E-state index < -0.39 is 11.8 Å². The molecule has 0 saturated carbocycles. The van der Waals surface area contributed by atoms with E-state index in [1.54, 1.807) is 18.2 Å². The Labute approximate surface area is 163 Å². The number of amides is 2. The van der Waals surface area contributed by atoms with Crippen molar-refractivity contribution in [2.75, 3.05) is 17.3 Å². The summed E-state index contributed by atoms with van der Waals surface area (Å²) in [5.74, 6) is -0.0858. The molecular weight excluding hydrogens is 391 g/mol. The average Bonchev–Trinajstić information content (AvgIpc) is 3.08. The zero-order chi connectivity index (χ0) is 19.4. The number of aromatic nitrogens is 1. The highest BCUT2D eigenvalue weighted by molar-refractivity contribution is 7.17. The van der Waals surface area contributed by atoms with Crippen LogP contribution in [-0.2, 0) is 0 Å². The van der Waals surface area contributed by atoms with Crippen molar-refractivity contribution in [2.24, 2.45) is 0 Å². The molecule has 2 amide bonds. The van der Waals surface area contributed by atoms with E-state index in [0.717, 1.165) is 11.3 Å². The number of carbonyl (C=O) groups is 1. The van der Waals surface area contributed by atoms with Crippen LogP contribution in [0.5, 0.6) is 10.8 Å². The van der Waals surface area contributed by atoms with E-state index in [0.29, 0.717) is 32.2 Å². The van der Waals surface area contributed by atoms with Gasteiger partial charge in [-0.1, -0.05) is 29.0 Å². The van der Waals surface area contributed by atoms with Crippen LogP contribution in [0.25, 0.3) is 0 Å². The lowest BCUT2D eigenvalue weighted by Gasteiger charge is -2.18. The van der Waals surface area contributed by atoms with Crippen LogP contribution >= 0.6 is 22.9 Å². The maximum absolute atomic E-state index is 13.2. The molecule has 0 aliphatic rings. The highest BCUT2D eigenvalue weighted by Gasteiger charge is 2.16. The van der Waals surface area contributed by atoms with E-state index in [1.165, 1.54) is 42.4 Å². The smallest absolute Gasteiger partial charge is 0.327 e. The van der Waals surface area contributed by atoms with Crippen molar-refractivity contribution in [1.29, 1.82) is 5.26 Å². The second-order valence-electron chi connectivity index (χ2n) is 5.31. The molecule has 0 unspecified atom stereocenters. The number of halogens is 2. The van der Waals surface area contributed by atoms with Crippen molar-refractivity contribution in [1.82, 2.24) is 4.98 Å². The molecule has 27 heavy (non-hydrogen) atoms. The number of thiazole rings is 1. The number of carbonyl (C=O) groups excluding carboxylic acids is 1. The highest BCUT2D eigenvalue weighted by Crippen LogP contribution is 2.31. The second-order valence-corrected chi connectivity index (χ2v) is 6.71. The number of hydrogen-bond donors (Lipinski definition) is 1. The number of anilines is 2. The van der Waals surface area contributed by atoms with Gasteiger partial charge >= 0.3 is 6.03 Å². The number of ether oxygens (including phenoxy) is 1. The van der Waals surface area contributed by atoms with Crippen molar-refractivity contribution in [3.63, 3.8) is 0 Å². The van der Waals surface area contributed by atoms with Crippen molar-refractivity contribution in [2.45, 2.75) is 0 Å². The predicted octanol–water partition coefficient (Wildman–Crippen LogP) is 5.27. The Hall–Kier alpha value is -3.15. The first-order valence-corrected chi connectivity index (χ1v) is 8.79. The molecule has 0 atom stereocenters. The van der Waals surface area contributed by atoms with Gasteiger partial charge in [-0.25, -0.2) is 14.2 Å². The second kappa shape index (κ2) is 8.03. The molecule has 0 fully saturated rings. The Balaban J connectivity index is 1.70. The summed E-state index contributed by atoms with van der Waals surface area (Å²) in [6, 6.07) is 11.8. The van der Waals surface area contributed by atoms with Crippen LogP contribution in [0.15, 0.2) is 48.7 Å². The summed E-state index contributed by atoms with van der Waals surface area (Å²) < 4.78 is 18.7. The number of benzene rings is 2. The van der Waals surface area contributed by atoms with Gasteiger partial charge in [0.1, 0.15) is 11.6 Å². The Bertz CT molecular complexity index is 1030. The van der Waals surface area contributed by atoms with Crippen LogP contribution in [0.1, 0.15) is 5.56 Å². The van der Waals surface area contributed by atoms with Gasteiger partial charge in [0.15, 0.2) is 5.13 Å². The summed E-state index contributed by atoms with van der Waals surface area (Å²) in [6.07, 6.45) is 1.43. The lowest BCUT2D eigenvalue weighted by atomic mass is 10.2. The lowest BCUT2D eigenvalue weighted by molar-refractivity contribution is 0.258. The molecule has 3 rings (SSSR count). The molecule has 6 nitrogen and oxygen atoms in total. The van der Waals surface area contributed by atoms with E-state index in [4.69, 9.17) is 21.6 Å². The van der Waals surface area contributed by atoms with Crippen molar-refractivity contribution < 1.29 is 13.9 Å². The SMILES string of the molecule is CN(C(=O)Nc1ncc(Oc2cccc(F)c2)s1)c1cc(C#N)ccc1Cl. The first kappa shape index (κ1) is 18.6. The quantitative estimate of drug-likeness (QED) is 0.645. The summed E-state index contributed by atoms with van der Waals surface area (Å²) in [5, 5.41) is 12.6. The Morgan fingerprint density at radius 2 is 2.19 bits per heavy atom. The van der Waals surface area contributed by atoms with Crippen molar-refractivity contribution in [3.8, 4) is 16.9 Å². The zero-order valence-corrected chi connectivity index (χ0v) is 15.5. The highest BCUT2D eigenvalue weighted by atomic mass is 35.5. The third-order valence-corrected chi connectivity index (χ3v) is 4.56. The molecule has 0 saturated heterocycles. The van der Waals surface area contributed by atoms with Gasteiger partial charge in [0.25, 0.3) is 0 Å². The van der Waals surface area contributed by atoms with Crippen molar-refractivity contribution in [3.05, 3.63) is 65.1 Å². The summed E-state index contributed by atoms with van der Waals surface area (Å²) in [7, 11) is 1.52. The normalized spacial score (nSPS) is 10.1. The van der Waals surface area contributed by atoms with Crippen LogP contribution in [0, 0.1) is 17.1 Å². The fraction of sp³-hybridized carbons (Fsp3) is 0.0556. The van der Waals surface area contributed by atoms with E-state index >= 15 is 0 Å². The van der Waals surface area contributed by atoms with Gasteiger partial charge in [-0.2, -0.15) is 5.26 Å². The molecule has 0 aliphatic heterocycles. The minimum atomic E-state index is -0.487. The van der Waals surface area contributed by atoms with E-state index in [-0.39, 0.29) is 0 Å². The van der Waals surface area contributed by atoms with E-state index in [2.05, 4.69) is 10.3 Å². The van der Waals surface area contributed by atoms with E-state index in [9.17, 15) is 9.18 Å². The summed E-state index contributed by atoms with van der Waals surface area (Å²) in [4.78, 5) is 17.8. The van der Waals surface area contributed by atoms with Gasteiger partial charge in [-0.3, -0.25) is 10.2 Å². The topological polar surface area (TPSA) is 78.2 Å². The van der Waals surface area contributed by atoms with Gasteiger partial charge in [0.2, 0.25) is 5.06 Å². The first-order valence-electron chi connectivity index (χ1n) is 7.60. The third kappa shape index (κ3) is 4.53. The fourth-order valence-electron chi connectivity index (χ4n) is 2.13. The van der Waals surface area contributed by atoms with Crippen LogP contribution < -0.4 is 15.0 Å². The van der Waals surface area contributed by atoms with Crippen LogP contribution in [0.2, 0.25) is 5.02 Å². The van der Waals surface area contributed by atoms with Crippen LogP contribution in [0.3, 0.4) is 0 Å². The molecule has 9 heteroatoms. The maximum atomic E-state index is 13.2. The number of rotatable bonds is 4. The number of nitrogens with one attached hydrogen (secondary N) is 1. The molecule has 1 N–H and O–H groups in total. The number of hydrogen-bond acceptors (Lipinski definition) is 5. The van der Waals surface area contributed by atoms with Crippen molar-refractivity contribution >= 4 is 39.8 Å². The zero-order valence-electron chi connectivity index (χ0n) is 13.9. The molecule has 136 valence electrons. The van der Waals surface area contributed by atoms with Gasteiger partial charge < -0.3 is 4.74 Å². The number of urea groups is 1. The molecule has 3 aromatic rings. The van der Waals surface area contributed by atoms with E-state index in [1.807, 2.05) is 6.07 Å².